The van der Waals surface area contributed by atoms with Crippen LogP contribution in [0.3, 0.4) is 0 Å². The van der Waals surface area contributed by atoms with Crippen molar-refractivity contribution in [2.45, 2.75) is 6.54 Å². The fraction of sp³-hybridized carbons (Fsp3) is 0.156. The average molecular weight is 566 g/mol. The minimum atomic E-state index is -0.140. The molecule has 5 rings (SSSR count). The predicted octanol–water partition coefficient (Wildman–Crippen LogP) is 6.71. The highest BCUT2D eigenvalue weighted by atomic mass is 35.5. The van der Waals surface area contributed by atoms with E-state index in [-0.39, 0.29) is 5.91 Å². The summed E-state index contributed by atoms with van der Waals surface area (Å²) >= 11 is 6.50. The Bertz CT molecular complexity index is 1680. The first kappa shape index (κ1) is 27.9. The van der Waals surface area contributed by atoms with Crippen molar-refractivity contribution < 1.29 is 4.79 Å². The molecule has 0 spiro atoms. The summed E-state index contributed by atoms with van der Waals surface area (Å²) in [6, 6.07) is 24.0. The Kier molecular flexibility index (Phi) is 8.62. The minimum absolute atomic E-state index is 0.140. The maximum absolute atomic E-state index is 12.1. The number of H-pyrrole nitrogens is 1. The van der Waals surface area contributed by atoms with Gasteiger partial charge in [0.2, 0.25) is 11.9 Å². The van der Waals surface area contributed by atoms with Crippen LogP contribution in [0.4, 0.5) is 23.0 Å². The number of hydrogen-bond donors (Lipinski definition) is 3. The highest BCUT2D eigenvalue weighted by Gasteiger charge is 2.13. The summed E-state index contributed by atoms with van der Waals surface area (Å²) < 4.78 is 0. The zero-order valence-electron chi connectivity index (χ0n) is 23.2. The number of fused-ring (bicyclic) bond motifs is 1. The number of anilines is 4. The van der Waals surface area contributed by atoms with Crippen LogP contribution in [0.2, 0.25) is 5.02 Å². The van der Waals surface area contributed by atoms with Gasteiger partial charge in [-0.05, 0) is 56.1 Å². The quantitative estimate of drug-likeness (QED) is 0.163. The number of benzene rings is 3. The topological polar surface area (TPSA) is 89.2 Å². The van der Waals surface area contributed by atoms with E-state index in [1.807, 2.05) is 99.0 Å². The minimum Gasteiger partial charge on any atom is -0.370 e. The molecule has 2 aromatic heterocycles. The van der Waals surface area contributed by atoms with Crippen LogP contribution in [0.15, 0.2) is 97.3 Å². The lowest BCUT2D eigenvalue weighted by Gasteiger charge is -2.20. The summed E-state index contributed by atoms with van der Waals surface area (Å²) in [5, 5.41) is 7.75. The lowest BCUT2D eigenvalue weighted by atomic mass is 10.1. The second-order valence-corrected chi connectivity index (χ2v) is 10.4. The molecule has 0 unspecified atom stereocenters. The SMILES string of the molecule is CN(C)C/C=C/C(=O)Nc1ccc(CN(C)c2cccc(Nc3ncc(Cl)c(-c4c[nH]c5ccccc45)n3)c2)cc1. The molecule has 1 amide bonds. The Balaban J connectivity index is 1.24. The number of aromatic nitrogens is 3. The van der Waals surface area contributed by atoms with Crippen molar-refractivity contribution >= 4 is 51.4 Å². The van der Waals surface area contributed by atoms with Gasteiger partial charge >= 0.3 is 0 Å². The monoisotopic (exact) mass is 565 g/mol. The van der Waals surface area contributed by atoms with Gasteiger partial charge in [0.25, 0.3) is 0 Å². The standard InChI is InChI=1S/C32H32ClN7O/c1-39(2)17-7-12-30(41)36-23-15-13-22(14-16-23)21-40(3)25-9-6-8-24(18-25)37-32-35-20-28(33)31(38-32)27-19-34-29-11-5-4-10-26(27)29/h4-16,18-20,34H,17,21H2,1-3H3,(H,36,41)(H,35,37,38)/b12-7+. The van der Waals surface area contributed by atoms with E-state index >= 15 is 0 Å². The summed E-state index contributed by atoms with van der Waals surface area (Å²) in [4.78, 5) is 28.7. The highest BCUT2D eigenvalue weighted by molar-refractivity contribution is 6.33. The van der Waals surface area contributed by atoms with E-state index in [4.69, 9.17) is 16.6 Å². The number of nitrogens with one attached hydrogen (secondary N) is 3. The molecule has 208 valence electrons. The molecule has 41 heavy (non-hydrogen) atoms. The molecule has 5 aromatic rings. The van der Waals surface area contributed by atoms with E-state index in [1.165, 1.54) is 0 Å². The molecule has 0 aliphatic rings. The third-order valence-electron chi connectivity index (χ3n) is 6.51. The molecule has 0 bridgehead atoms. The average Bonchev–Trinajstić information content (AvgIpc) is 3.39. The Morgan fingerprint density at radius 2 is 1.80 bits per heavy atom. The van der Waals surface area contributed by atoms with Gasteiger partial charge in [-0.25, -0.2) is 9.97 Å². The van der Waals surface area contributed by atoms with Gasteiger partial charge in [-0.15, -0.1) is 0 Å². The molecule has 0 saturated heterocycles. The van der Waals surface area contributed by atoms with E-state index in [0.29, 0.717) is 29.8 Å². The first-order chi connectivity index (χ1) is 19.9. The van der Waals surface area contributed by atoms with Gasteiger partial charge in [-0.2, -0.15) is 0 Å². The molecule has 9 heteroatoms. The third kappa shape index (κ3) is 7.11. The van der Waals surface area contributed by atoms with Crippen LogP contribution in [0.1, 0.15) is 5.56 Å². The number of likely N-dealkylation sites (N-methyl/N-ethyl adjacent to an activating group) is 1. The molecule has 0 aliphatic heterocycles. The van der Waals surface area contributed by atoms with Crippen molar-refractivity contribution in [3.05, 3.63) is 108 Å². The molecule has 3 N–H and O–H groups in total. The number of halogens is 1. The summed E-state index contributed by atoms with van der Waals surface area (Å²) in [6.45, 7) is 1.41. The number of carbonyl (C=O) groups is 1. The van der Waals surface area contributed by atoms with E-state index in [2.05, 4.69) is 37.6 Å². The van der Waals surface area contributed by atoms with Crippen LogP contribution in [0.5, 0.6) is 0 Å². The van der Waals surface area contributed by atoms with Gasteiger partial charge in [0.1, 0.15) is 0 Å². The van der Waals surface area contributed by atoms with E-state index in [0.717, 1.165) is 39.1 Å². The van der Waals surface area contributed by atoms with E-state index in [1.54, 1.807) is 12.3 Å². The van der Waals surface area contributed by atoms with E-state index < -0.39 is 0 Å². The largest absolute Gasteiger partial charge is 0.370 e. The molecule has 2 heterocycles. The van der Waals surface area contributed by atoms with Crippen LogP contribution >= 0.6 is 11.6 Å². The number of carbonyl (C=O) groups excluding carboxylic acids is 1. The Morgan fingerprint density at radius 3 is 2.61 bits per heavy atom. The number of aromatic amines is 1. The highest BCUT2D eigenvalue weighted by Crippen LogP contribution is 2.33. The molecule has 8 nitrogen and oxygen atoms in total. The Labute approximate surface area is 244 Å². The fourth-order valence-corrected chi connectivity index (χ4v) is 4.64. The zero-order valence-corrected chi connectivity index (χ0v) is 24.0. The van der Waals surface area contributed by atoms with Gasteiger partial charge < -0.3 is 25.4 Å². The van der Waals surface area contributed by atoms with Crippen molar-refractivity contribution in [1.29, 1.82) is 0 Å². The number of para-hydroxylation sites is 1. The predicted molar refractivity (Wildman–Crippen MR) is 169 cm³/mol. The van der Waals surface area contributed by atoms with Crippen molar-refractivity contribution in [1.82, 2.24) is 19.9 Å². The molecular weight excluding hydrogens is 534 g/mol. The second-order valence-electron chi connectivity index (χ2n) is 10.0. The molecule has 3 aromatic carbocycles. The van der Waals surface area contributed by atoms with Crippen molar-refractivity contribution in [3.63, 3.8) is 0 Å². The van der Waals surface area contributed by atoms with E-state index in [9.17, 15) is 4.79 Å². The number of hydrogen-bond acceptors (Lipinski definition) is 6. The molecule has 0 aliphatic carbocycles. The van der Waals surface area contributed by atoms with Gasteiger partial charge in [0, 0.05) is 65.9 Å². The summed E-state index contributed by atoms with van der Waals surface area (Å²) in [7, 11) is 5.96. The normalized spacial score (nSPS) is 11.3. The first-order valence-corrected chi connectivity index (χ1v) is 13.6. The van der Waals surface area contributed by atoms with Gasteiger partial charge in [-0.3, -0.25) is 4.79 Å². The second kappa shape index (κ2) is 12.7. The fourth-order valence-electron chi connectivity index (χ4n) is 4.45. The summed E-state index contributed by atoms with van der Waals surface area (Å²) in [5.74, 6) is 0.322. The van der Waals surface area contributed by atoms with Crippen molar-refractivity contribution in [2.24, 2.45) is 0 Å². The molecule has 0 fully saturated rings. The molecule has 0 atom stereocenters. The maximum atomic E-state index is 12.1. The van der Waals surface area contributed by atoms with Crippen LogP contribution in [-0.2, 0) is 11.3 Å². The zero-order chi connectivity index (χ0) is 28.8. The Morgan fingerprint density at radius 1 is 1.00 bits per heavy atom. The van der Waals surface area contributed by atoms with Crippen LogP contribution in [0.25, 0.3) is 22.2 Å². The molecule has 0 radical (unpaired) electrons. The lowest BCUT2D eigenvalue weighted by molar-refractivity contribution is -0.111. The van der Waals surface area contributed by atoms with Crippen LogP contribution in [0, 0.1) is 0 Å². The summed E-state index contributed by atoms with van der Waals surface area (Å²) in [5.41, 5.74) is 6.39. The van der Waals surface area contributed by atoms with Crippen LogP contribution < -0.4 is 15.5 Å². The van der Waals surface area contributed by atoms with Crippen LogP contribution in [-0.4, -0.2) is 53.4 Å². The number of amides is 1. The van der Waals surface area contributed by atoms with Gasteiger partial charge in [-0.1, -0.05) is 54.1 Å². The summed E-state index contributed by atoms with van der Waals surface area (Å²) in [6.07, 6.45) is 6.93. The number of nitrogens with zero attached hydrogens (tertiary/aromatic N) is 4. The number of rotatable bonds is 10. The smallest absolute Gasteiger partial charge is 0.248 e. The molecule has 0 saturated carbocycles. The van der Waals surface area contributed by atoms with Crippen molar-refractivity contribution in [3.8, 4) is 11.3 Å². The van der Waals surface area contributed by atoms with Gasteiger partial charge in [0.15, 0.2) is 0 Å². The maximum Gasteiger partial charge on any atom is 0.248 e. The molecular formula is C32H32ClN7O. The third-order valence-corrected chi connectivity index (χ3v) is 6.79. The van der Waals surface area contributed by atoms with Crippen molar-refractivity contribution in [2.75, 3.05) is 43.2 Å². The van der Waals surface area contributed by atoms with Gasteiger partial charge in [0.05, 0.1) is 16.9 Å². The Hall–Kier alpha value is -4.66. The first-order valence-electron chi connectivity index (χ1n) is 13.2. The lowest BCUT2D eigenvalue weighted by Crippen LogP contribution is -2.16.